The fraction of sp³-hybridized carbons (Fsp3) is 0.571. The Hall–Kier alpha value is -0.530. The number of hydrogen-bond acceptors (Lipinski definition) is 1. The van der Waals surface area contributed by atoms with E-state index in [-0.39, 0.29) is 5.41 Å². The maximum atomic E-state index is 5.90. The molecule has 0 radical (unpaired) electrons. The highest BCUT2D eigenvalue weighted by Crippen LogP contribution is 2.17. The van der Waals surface area contributed by atoms with Gasteiger partial charge in [-0.2, -0.15) is 0 Å². The molecule has 1 rings (SSSR count). The molecule has 0 spiro atoms. The van der Waals surface area contributed by atoms with Gasteiger partial charge in [-0.1, -0.05) is 32.0 Å². The summed E-state index contributed by atoms with van der Waals surface area (Å²) in [5.41, 5.74) is 4.29. The standard InChI is InChI=1S/C14H22ClN/c1-11-6-5-7-12(2)13(11)8-16-10-14(3,4)9-15/h5-7,16H,8-10H2,1-4H3. The van der Waals surface area contributed by atoms with E-state index in [4.69, 9.17) is 11.6 Å². The van der Waals surface area contributed by atoms with Gasteiger partial charge in [-0.3, -0.25) is 0 Å². The third-order valence-electron chi connectivity index (χ3n) is 2.91. The van der Waals surface area contributed by atoms with Crippen LogP contribution in [0.3, 0.4) is 0 Å². The molecule has 0 unspecified atom stereocenters. The minimum Gasteiger partial charge on any atom is -0.312 e. The maximum Gasteiger partial charge on any atom is 0.0286 e. The van der Waals surface area contributed by atoms with Crippen LogP contribution in [0.4, 0.5) is 0 Å². The van der Waals surface area contributed by atoms with Crippen LogP contribution >= 0.6 is 11.6 Å². The van der Waals surface area contributed by atoms with E-state index in [0.29, 0.717) is 5.88 Å². The molecule has 0 saturated carbocycles. The molecule has 16 heavy (non-hydrogen) atoms. The van der Waals surface area contributed by atoms with Crippen molar-refractivity contribution in [3.05, 3.63) is 34.9 Å². The first kappa shape index (κ1) is 13.5. The Morgan fingerprint density at radius 3 is 2.25 bits per heavy atom. The van der Waals surface area contributed by atoms with Gasteiger partial charge in [-0.25, -0.2) is 0 Å². The number of halogens is 1. The molecular formula is C14H22ClN. The van der Waals surface area contributed by atoms with Crippen molar-refractivity contribution in [1.82, 2.24) is 5.32 Å². The predicted molar refractivity (Wildman–Crippen MR) is 72.1 cm³/mol. The molecule has 1 nitrogen and oxygen atoms in total. The van der Waals surface area contributed by atoms with E-state index in [9.17, 15) is 0 Å². The van der Waals surface area contributed by atoms with E-state index in [1.165, 1.54) is 16.7 Å². The van der Waals surface area contributed by atoms with Gasteiger partial charge in [0.1, 0.15) is 0 Å². The van der Waals surface area contributed by atoms with Crippen molar-refractivity contribution in [3.63, 3.8) is 0 Å². The molecule has 0 aliphatic carbocycles. The average molecular weight is 240 g/mol. The number of rotatable bonds is 5. The number of benzene rings is 1. The van der Waals surface area contributed by atoms with Crippen LogP contribution in [0.15, 0.2) is 18.2 Å². The van der Waals surface area contributed by atoms with Crippen LogP contribution in [0.5, 0.6) is 0 Å². The molecule has 0 fully saturated rings. The highest BCUT2D eigenvalue weighted by molar-refractivity contribution is 6.18. The zero-order valence-electron chi connectivity index (χ0n) is 10.7. The van der Waals surface area contributed by atoms with Gasteiger partial charge in [0.2, 0.25) is 0 Å². The van der Waals surface area contributed by atoms with Crippen LogP contribution in [-0.2, 0) is 6.54 Å². The van der Waals surface area contributed by atoms with E-state index in [1.807, 2.05) is 0 Å². The highest BCUT2D eigenvalue weighted by Gasteiger charge is 2.15. The molecule has 0 heterocycles. The molecule has 0 aliphatic heterocycles. The Balaban J connectivity index is 2.56. The van der Waals surface area contributed by atoms with E-state index in [2.05, 4.69) is 51.2 Å². The normalized spacial score (nSPS) is 11.8. The van der Waals surface area contributed by atoms with Crippen LogP contribution in [0, 0.1) is 19.3 Å². The molecular weight excluding hydrogens is 218 g/mol. The predicted octanol–water partition coefficient (Wildman–Crippen LogP) is 3.66. The Labute approximate surface area is 104 Å². The van der Waals surface area contributed by atoms with Gasteiger partial charge in [0.25, 0.3) is 0 Å². The van der Waals surface area contributed by atoms with Crippen molar-refractivity contribution >= 4 is 11.6 Å². The number of nitrogens with one attached hydrogen (secondary N) is 1. The van der Waals surface area contributed by atoms with Crippen molar-refractivity contribution in [2.75, 3.05) is 12.4 Å². The molecule has 0 saturated heterocycles. The Morgan fingerprint density at radius 2 is 1.75 bits per heavy atom. The first-order valence-corrected chi connectivity index (χ1v) is 6.31. The lowest BCUT2D eigenvalue weighted by Gasteiger charge is -2.22. The lowest BCUT2D eigenvalue weighted by molar-refractivity contribution is 0.385. The second-order valence-corrected chi connectivity index (χ2v) is 5.54. The van der Waals surface area contributed by atoms with Crippen LogP contribution < -0.4 is 5.32 Å². The summed E-state index contributed by atoms with van der Waals surface area (Å²) in [5.74, 6) is 0.687. The number of aryl methyl sites for hydroxylation is 2. The molecule has 0 amide bonds. The maximum absolute atomic E-state index is 5.90. The van der Waals surface area contributed by atoms with Crippen molar-refractivity contribution in [2.45, 2.75) is 34.2 Å². The molecule has 0 bridgehead atoms. The van der Waals surface area contributed by atoms with Gasteiger partial charge in [0.15, 0.2) is 0 Å². The quantitative estimate of drug-likeness (QED) is 0.774. The Bertz CT molecular complexity index is 324. The van der Waals surface area contributed by atoms with Crippen molar-refractivity contribution in [3.8, 4) is 0 Å². The summed E-state index contributed by atoms with van der Waals surface area (Å²) in [4.78, 5) is 0. The highest BCUT2D eigenvalue weighted by atomic mass is 35.5. The summed E-state index contributed by atoms with van der Waals surface area (Å²) in [5, 5.41) is 3.49. The fourth-order valence-corrected chi connectivity index (χ4v) is 1.80. The third-order valence-corrected chi connectivity index (χ3v) is 3.64. The van der Waals surface area contributed by atoms with Gasteiger partial charge in [0.05, 0.1) is 0 Å². The van der Waals surface area contributed by atoms with E-state index in [0.717, 1.165) is 13.1 Å². The summed E-state index contributed by atoms with van der Waals surface area (Å²) in [7, 11) is 0. The average Bonchev–Trinajstić information content (AvgIpc) is 2.22. The fourth-order valence-electron chi connectivity index (χ4n) is 1.70. The molecule has 1 aromatic carbocycles. The molecule has 2 heteroatoms. The lowest BCUT2D eigenvalue weighted by Crippen LogP contribution is -2.30. The smallest absolute Gasteiger partial charge is 0.0286 e. The van der Waals surface area contributed by atoms with Crippen LogP contribution in [0.25, 0.3) is 0 Å². The van der Waals surface area contributed by atoms with Gasteiger partial charge in [0, 0.05) is 19.0 Å². The summed E-state index contributed by atoms with van der Waals surface area (Å²) < 4.78 is 0. The van der Waals surface area contributed by atoms with Crippen LogP contribution in [0.1, 0.15) is 30.5 Å². The lowest BCUT2D eigenvalue weighted by atomic mass is 9.96. The second-order valence-electron chi connectivity index (χ2n) is 5.27. The van der Waals surface area contributed by atoms with Gasteiger partial charge in [-0.15, -0.1) is 11.6 Å². The minimum atomic E-state index is 0.165. The molecule has 1 aromatic rings. The van der Waals surface area contributed by atoms with E-state index >= 15 is 0 Å². The minimum absolute atomic E-state index is 0.165. The number of alkyl halides is 1. The first-order valence-electron chi connectivity index (χ1n) is 5.78. The van der Waals surface area contributed by atoms with E-state index in [1.54, 1.807) is 0 Å². The van der Waals surface area contributed by atoms with Crippen molar-refractivity contribution < 1.29 is 0 Å². The third kappa shape index (κ3) is 3.80. The Kier molecular flexibility index (Phi) is 4.82. The monoisotopic (exact) mass is 239 g/mol. The molecule has 0 aliphatic rings. The van der Waals surface area contributed by atoms with Crippen molar-refractivity contribution in [2.24, 2.45) is 5.41 Å². The summed E-state index contributed by atoms with van der Waals surface area (Å²) >= 11 is 5.90. The van der Waals surface area contributed by atoms with Gasteiger partial charge in [-0.05, 0) is 36.0 Å². The number of hydrogen-bond donors (Lipinski definition) is 1. The zero-order valence-corrected chi connectivity index (χ0v) is 11.5. The van der Waals surface area contributed by atoms with Crippen LogP contribution in [0.2, 0.25) is 0 Å². The van der Waals surface area contributed by atoms with Gasteiger partial charge < -0.3 is 5.32 Å². The largest absolute Gasteiger partial charge is 0.312 e. The van der Waals surface area contributed by atoms with Gasteiger partial charge >= 0.3 is 0 Å². The first-order chi connectivity index (χ1) is 7.46. The molecule has 0 atom stereocenters. The summed E-state index contributed by atoms with van der Waals surface area (Å²) in [6.07, 6.45) is 0. The van der Waals surface area contributed by atoms with Crippen molar-refractivity contribution in [1.29, 1.82) is 0 Å². The summed E-state index contributed by atoms with van der Waals surface area (Å²) in [6.45, 7) is 10.6. The molecule has 0 aromatic heterocycles. The SMILES string of the molecule is Cc1cccc(C)c1CNCC(C)(C)CCl. The van der Waals surface area contributed by atoms with E-state index < -0.39 is 0 Å². The Morgan fingerprint density at radius 1 is 1.19 bits per heavy atom. The topological polar surface area (TPSA) is 12.0 Å². The van der Waals surface area contributed by atoms with Crippen LogP contribution in [-0.4, -0.2) is 12.4 Å². The second kappa shape index (κ2) is 5.70. The zero-order chi connectivity index (χ0) is 12.2. The summed E-state index contributed by atoms with van der Waals surface area (Å²) in [6, 6.07) is 6.43. The molecule has 1 N–H and O–H groups in total. The molecule has 90 valence electrons.